The van der Waals surface area contributed by atoms with Crippen LogP contribution in [-0.2, 0) is 17.0 Å². The van der Waals surface area contributed by atoms with E-state index in [2.05, 4.69) is 39.0 Å². The predicted molar refractivity (Wildman–Crippen MR) is 146 cm³/mol. The van der Waals surface area contributed by atoms with Crippen LogP contribution in [0.1, 0.15) is 18.4 Å². The Morgan fingerprint density at radius 3 is 2.68 bits per heavy atom. The first-order chi connectivity index (χ1) is 18.2. The zero-order valence-corrected chi connectivity index (χ0v) is 21.6. The van der Waals surface area contributed by atoms with Gasteiger partial charge in [-0.3, -0.25) is 4.57 Å². The Labute approximate surface area is 223 Å². The fraction of sp³-hybridized carbons (Fsp3) is 0.207. The van der Waals surface area contributed by atoms with E-state index in [1.807, 2.05) is 36.4 Å². The number of hydrogen-bond acceptors (Lipinski definition) is 5. The van der Waals surface area contributed by atoms with Gasteiger partial charge in [0.1, 0.15) is 5.82 Å². The molecule has 1 fully saturated rings. The number of rotatable bonds is 7. The standard InChI is InChI=1S/C29H24ClFN4OS/c30-25-13-12-21(31)15-20(25)18-37-29-34-33-28(35(29)17-22-9-6-14-36-22)24-16-27(19-7-2-1-3-8-19)32-26-11-5-4-10-23(24)26/h1-5,7-8,10-13,15-16,22H,6,9,14,17-18H2/t22-/m0/s1. The fourth-order valence-corrected chi connectivity index (χ4v) is 5.87. The van der Waals surface area contributed by atoms with Gasteiger partial charge >= 0.3 is 0 Å². The van der Waals surface area contributed by atoms with Gasteiger partial charge in [-0.05, 0) is 48.7 Å². The van der Waals surface area contributed by atoms with Crippen LogP contribution in [0.15, 0.2) is 84.0 Å². The number of pyridine rings is 1. The van der Waals surface area contributed by atoms with Gasteiger partial charge in [-0.2, -0.15) is 0 Å². The number of aromatic nitrogens is 4. The average Bonchev–Trinajstić information content (AvgIpc) is 3.59. The molecule has 0 bridgehead atoms. The number of benzene rings is 3. The van der Waals surface area contributed by atoms with E-state index >= 15 is 0 Å². The summed E-state index contributed by atoms with van der Waals surface area (Å²) in [6.07, 6.45) is 2.12. The van der Waals surface area contributed by atoms with Crippen molar-refractivity contribution in [3.8, 4) is 22.6 Å². The summed E-state index contributed by atoms with van der Waals surface area (Å²) in [5, 5.41) is 11.5. The molecule has 186 valence electrons. The van der Waals surface area contributed by atoms with E-state index in [1.54, 1.807) is 6.07 Å². The Bertz CT molecular complexity index is 1550. The topological polar surface area (TPSA) is 52.8 Å². The maximum absolute atomic E-state index is 13.9. The van der Waals surface area contributed by atoms with Crippen molar-refractivity contribution in [1.29, 1.82) is 0 Å². The van der Waals surface area contributed by atoms with Gasteiger partial charge in [0.2, 0.25) is 0 Å². The van der Waals surface area contributed by atoms with E-state index in [0.29, 0.717) is 17.3 Å². The molecule has 5 aromatic rings. The monoisotopic (exact) mass is 530 g/mol. The molecule has 5 nitrogen and oxygen atoms in total. The molecule has 6 rings (SSSR count). The summed E-state index contributed by atoms with van der Waals surface area (Å²) in [6.45, 7) is 1.40. The number of ether oxygens (including phenoxy) is 1. The zero-order valence-electron chi connectivity index (χ0n) is 20.0. The van der Waals surface area contributed by atoms with Gasteiger partial charge in [0.15, 0.2) is 11.0 Å². The minimum absolute atomic E-state index is 0.0913. The molecule has 0 radical (unpaired) electrons. The van der Waals surface area contributed by atoms with Gasteiger partial charge in [0, 0.05) is 33.9 Å². The third kappa shape index (κ3) is 5.12. The molecular weight excluding hydrogens is 507 g/mol. The van der Waals surface area contributed by atoms with Crippen LogP contribution in [0.2, 0.25) is 5.02 Å². The Morgan fingerprint density at radius 1 is 1.00 bits per heavy atom. The smallest absolute Gasteiger partial charge is 0.191 e. The second-order valence-corrected chi connectivity index (χ2v) is 10.4. The first-order valence-electron chi connectivity index (χ1n) is 12.2. The molecule has 1 aliphatic heterocycles. The average molecular weight is 531 g/mol. The van der Waals surface area contributed by atoms with Crippen molar-refractivity contribution in [2.24, 2.45) is 0 Å². The molecule has 0 saturated carbocycles. The lowest BCUT2D eigenvalue weighted by Crippen LogP contribution is -2.16. The second kappa shape index (κ2) is 10.6. The molecule has 8 heteroatoms. The van der Waals surface area contributed by atoms with Crippen molar-refractivity contribution in [3.63, 3.8) is 0 Å². The molecule has 0 N–H and O–H groups in total. The molecule has 0 amide bonds. The third-order valence-corrected chi connectivity index (χ3v) is 7.90. The van der Waals surface area contributed by atoms with Crippen LogP contribution in [0, 0.1) is 5.82 Å². The molecule has 0 unspecified atom stereocenters. The Balaban J connectivity index is 1.45. The molecule has 1 atom stereocenters. The Morgan fingerprint density at radius 2 is 1.84 bits per heavy atom. The molecule has 2 aromatic heterocycles. The van der Waals surface area contributed by atoms with Gasteiger partial charge in [0.05, 0.1) is 23.9 Å². The van der Waals surface area contributed by atoms with E-state index < -0.39 is 0 Å². The zero-order chi connectivity index (χ0) is 25.2. The van der Waals surface area contributed by atoms with Crippen LogP contribution in [0.4, 0.5) is 4.39 Å². The maximum atomic E-state index is 13.9. The third-order valence-electron chi connectivity index (χ3n) is 6.52. The maximum Gasteiger partial charge on any atom is 0.191 e. The summed E-state index contributed by atoms with van der Waals surface area (Å²) < 4.78 is 22.0. The Hall–Kier alpha value is -3.26. The highest BCUT2D eigenvalue weighted by atomic mass is 35.5. The summed E-state index contributed by atoms with van der Waals surface area (Å²) >= 11 is 7.83. The molecular formula is C29H24ClFN4OS. The molecule has 1 saturated heterocycles. The summed E-state index contributed by atoms with van der Waals surface area (Å²) in [6, 6.07) is 24.7. The van der Waals surface area contributed by atoms with Crippen LogP contribution >= 0.6 is 23.4 Å². The van der Waals surface area contributed by atoms with Crippen LogP contribution in [0.5, 0.6) is 0 Å². The summed E-state index contributed by atoms with van der Waals surface area (Å²) in [7, 11) is 0. The molecule has 1 aliphatic rings. The molecule has 37 heavy (non-hydrogen) atoms. The van der Waals surface area contributed by atoms with Crippen molar-refractivity contribution in [3.05, 3.63) is 95.3 Å². The minimum atomic E-state index is -0.307. The lowest BCUT2D eigenvalue weighted by molar-refractivity contribution is 0.0953. The SMILES string of the molecule is Fc1ccc(Cl)c(CSc2nnc(-c3cc(-c4ccccc4)nc4ccccc34)n2C[C@@H]2CCCO2)c1. The van der Waals surface area contributed by atoms with Crippen molar-refractivity contribution >= 4 is 34.3 Å². The molecule has 0 spiro atoms. The quantitative estimate of drug-likeness (QED) is 0.205. The molecule has 3 heterocycles. The first-order valence-corrected chi connectivity index (χ1v) is 13.6. The number of nitrogens with zero attached hydrogens (tertiary/aromatic N) is 4. The van der Waals surface area contributed by atoms with Crippen molar-refractivity contribution in [2.75, 3.05) is 6.61 Å². The highest BCUT2D eigenvalue weighted by Crippen LogP contribution is 2.35. The van der Waals surface area contributed by atoms with Crippen LogP contribution in [0.3, 0.4) is 0 Å². The molecule has 3 aromatic carbocycles. The summed E-state index contributed by atoms with van der Waals surface area (Å²) in [5.41, 5.74) is 4.49. The number of halogens is 2. The second-order valence-electron chi connectivity index (χ2n) is 9.01. The van der Waals surface area contributed by atoms with E-state index in [1.165, 1.54) is 23.9 Å². The Kier molecular flexibility index (Phi) is 6.91. The lowest BCUT2D eigenvalue weighted by atomic mass is 10.0. The predicted octanol–water partition coefficient (Wildman–Crippen LogP) is 7.42. The van der Waals surface area contributed by atoms with E-state index in [9.17, 15) is 4.39 Å². The van der Waals surface area contributed by atoms with Crippen LogP contribution in [0.25, 0.3) is 33.5 Å². The van der Waals surface area contributed by atoms with Gasteiger partial charge in [-0.1, -0.05) is 71.9 Å². The van der Waals surface area contributed by atoms with Gasteiger partial charge in [0.25, 0.3) is 0 Å². The van der Waals surface area contributed by atoms with Crippen molar-refractivity contribution in [1.82, 2.24) is 19.7 Å². The number of fused-ring (bicyclic) bond motifs is 1. The number of thioether (sulfide) groups is 1. The molecule has 0 aliphatic carbocycles. The summed E-state index contributed by atoms with van der Waals surface area (Å²) in [4.78, 5) is 4.93. The van der Waals surface area contributed by atoms with Gasteiger partial charge in [-0.25, -0.2) is 9.37 Å². The summed E-state index contributed by atoms with van der Waals surface area (Å²) in [5.74, 6) is 0.935. The van der Waals surface area contributed by atoms with Gasteiger partial charge < -0.3 is 4.74 Å². The number of hydrogen-bond donors (Lipinski definition) is 0. The van der Waals surface area contributed by atoms with Gasteiger partial charge in [-0.15, -0.1) is 10.2 Å². The lowest BCUT2D eigenvalue weighted by Gasteiger charge is -2.16. The highest BCUT2D eigenvalue weighted by molar-refractivity contribution is 7.98. The van der Waals surface area contributed by atoms with Crippen LogP contribution in [-0.4, -0.2) is 32.5 Å². The largest absolute Gasteiger partial charge is 0.376 e. The minimum Gasteiger partial charge on any atom is -0.376 e. The van der Waals surface area contributed by atoms with E-state index in [0.717, 1.165) is 63.7 Å². The van der Waals surface area contributed by atoms with E-state index in [-0.39, 0.29) is 11.9 Å². The van der Waals surface area contributed by atoms with Crippen molar-refractivity contribution in [2.45, 2.75) is 36.4 Å². The first kappa shape index (κ1) is 24.1. The van der Waals surface area contributed by atoms with Crippen molar-refractivity contribution < 1.29 is 9.13 Å². The highest BCUT2D eigenvalue weighted by Gasteiger charge is 2.23. The fourth-order valence-electron chi connectivity index (χ4n) is 4.66. The normalized spacial score (nSPS) is 15.5. The van der Waals surface area contributed by atoms with E-state index in [4.69, 9.17) is 21.3 Å². The van der Waals surface area contributed by atoms with Crippen LogP contribution < -0.4 is 0 Å². The number of para-hydroxylation sites is 1.